The van der Waals surface area contributed by atoms with Gasteiger partial charge in [-0.1, -0.05) is 62.6 Å². The fourth-order valence-corrected chi connectivity index (χ4v) is 15.1. The van der Waals surface area contributed by atoms with Gasteiger partial charge in [0.15, 0.2) is 11.6 Å². The lowest BCUT2D eigenvalue weighted by molar-refractivity contribution is -0.163. The van der Waals surface area contributed by atoms with E-state index < -0.39 is 11.2 Å². The summed E-state index contributed by atoms with van der Waals surface area (Å²) in [6.45, 7) is 9.01. The van der Waals surface area contributed by atoms with Crippen LogP contribution in [0.4, 0.5) is 0 Å². The summed E-state index contributed by atoms with van der Waals surface area (Å²) >= 11 is 0. The number of fused-ring (bicyclic) bond motifs is 12. The summed E-state index contributed by atoms with van der Waals surface area (Å²) in [5.41, 5.74) is 2.05. The number of carbonyl (C=O) groups excluding carboxylic acids is 6. The second kappa shape index (κ2) is 13.3. The molecule has 8 aliphatic carbocycles. The SMILES string of the molecule is COC(=O)[C@@H]1CC2=CC(=O)CCC2(C)C2=CCC3(C)C(CC[C@@]34CCC(=O)O4)C21.COC(=O)[C@@H]1CC2=CC(=O)CC[C@]2(C)C2C=C[C@@]3(C)C(CC[C@@]34CCC(=O)O4)C21. The molecule has 10 rings (SSSR count). The molecule has 0 radical (unpaired) electrons. The number of esters is 4. The van der Waals surface area contributed by atoms with Crippen molar-refractivity contribution >= 4 is 35.4 Å². The first-order chi connectivity index (χ1) is 27.5. The van der Waals surface area contributed by atoms with E-state index in [1.165, 1.54) is 19.8 Å². The predicted octanol–water partition coefficient (Wildman–Crippen LogP) is 7.68. The summed E-state index contributed by atoms with van der Waals surface area (Å²) in [7, 11) is 2.91. The second-order valence-electron chi connectivity index (χ2n) is 20.5. The monoisotopic (exact) mass is 796 g/mol. The third-order valence-corrected chi connectivity index (χ3v) is 18.5. The van der Waals surface area contributed by atoms with E-state index in [4.69, 9.17) is 18.9 Å². The van der Waals surface area contributed by atoms with Gasteiger partial charge in [-0.05, 0) is 118 Å². The second-order valence-corrected chi connectivity index (χ2v) is 20.5. The minimum Gasteiger partial charge on any atom is -0.469 e. The smallest absolute Gasteiger partial charge is 0.309 e. The molecule has 2 heterocycles. The normalized spacial score (nSPS) is 46.8. The molecule has 7 unspecified atom stereocenters. The Balaban J connectivity index is 0.000000150. The first kappa shape index (κ1) is 39.6. The Morgan fingerprint density at radius 2 is 1.28 bits per heavy atom. The van der Waals surface area contributed by atoms with Gasteiger partial charge in [0.25, 0.3) is 0 Å². The first-order valence-corrected chi connectivity index (χ1v) is 22.0. The quantitative estimate of drug-likeness (QED) is 0.155. The maximum Gasteiger partial charge on any atom is 0.309 e. The van der Waals surface area contributed by atoms with Gasteiger partial charge >= 0.3 is 23.9 Å². The van der Waals surface area contributed by atoms with E-state index in [1.807, 2.05) is 0 Å². The van der Waals surface area contributed by atoms with Crippen LogP contribution in [0.3, 0.4) is 0 Å². The van der Waals surface area contributed by atoms with Crippen molar-refractivity contribution in [3.8, 4) is 0 Å². The number of carbonyl (C=O) groups is 6. The first-order valence-electron chi connectivity index (χ1n) is 22.0. The van der Waals surface area contributed by atoms with E-state index in [2.05, 4.69) is 45.9 Å². The van der Waals surface area contributed by atoms with Crippen molar-refractivity contribution in [2.75, 3.05) is 14.2 Å². The molecule has 2 saturated heterocycles. The van der Waals surface area contributed by atoms with Crippen molar-refractivity contribution in [1.29, 1.82) is 0 Å². The van der Waals surface area contributed by atoms with Gasteiger partial charge in [0.2, 0.25) is 0 Å². The molecule has 0 amide bonds. The molecule has 0 bridgehead atoms. The molecule has 0 aromatic heterocycles. The minimum absolute atomic E-state index is 0.0854. The summed E-state index contributed by atoms with van der Waals surface area (Å²) < 4.78 is 22.4. The van der Waals surface area contributed by atoms with Gasteiger partial charge in [-0.15, -0.1) is 0 Å². The van der Waals surface area contributed by atoms with Crippen LogP contribution in [0.5, 0.6) is 0 Å². The fourth-order valence-electron chi connectivity index (χ4n) is 15.1. The highest BCUT2D eigenvalue weighted by atomic mass is 16.6. The van der Waals surface area contributed by atoms with Crippen LogP contribution in [0.25, 0.3) is 0 Å². The highest BCUT2D eigenvalue weighted by Gasteiger charge is 2.69. The molecular weight excluding hydrogens is 737 g/mol. The number of ketones is 2. The number of hydrogen-bond donors (Lipinski definition) is 0. The number of allylic oxidation sites excluding steroid dienone is 7. The molecule has 2 aliphatic heterocycles. The zero-order chi connectivity index (χ0) is 41.2. The summed E-state index contributed by atoms with van der Waals surface area (Å²) in [6.07, 6.45) is 21.5. The van der Waals surface area contributed by atoms with Gasteiger partial charge in [0.1, 0.15) is 11.2 Å². The van der Waals surface area contributed by atoms with Crippen molar-refractivity contribution in [3.05, 3.63) is 47.1 Å². The largest absolute Gasteiger partial charge is 0.469 e. The van der Waals surface area contributed by atoms with Crippen molar-refractivity contribution in [1.82, 2.24) is 0 Å². The highest BCUT2D eigenvalue weighted by Crippen LogP contribution is 2.70. The lowest BCUT2D eigenvalue weighted by atomic mass is 9.46. The van der Waals surface area contributed by atoms with Crippen molar-refractivity contribution in [2.45, 2.75) is 135 Å². The zero-order valence-corrected chi connectivity index (χ0v) is 35.1. The maximum absolute atomic E-state index is 12.9. The van der Waals surface area contributed by atoms with Crippen LogP contribution in [0.15, 0.2) is 47.1 Å². The van der Waals surface area contributed by atoms with Gasteiger partial charge in [0.05, 0.1) is 26.1 Å². The maximum atomic E-state index is 12.9. The molecule has 0 aromatic carbocycles. The van der Waals surface area contributed by atoms with E-state index in [0.717, 1.165) is 68.9 Å². The number of methoxy groups -OCH3 is 2. The molecule has 0 aromatic rings. The average Bonchev–Trinajstić information content (AvgIpc) is 3.94. The molecule has 2 spiro atoms. The number of hydrogen-bond acceptors (Lipinski definition) is 10. The van der Waals surface area contributed by atoms with Crippen LogP contribution in [0.2, 0.25) is 0 Å². The van der Waals surface area contributed by atoms with Gasteiger partial charge in [-0.25, -0.2) is 0 Å². The standard InChI is InChI=1S/2C24H30O5/c2*1-22-8-4-15(25)12-14(22)13-16(21(27)28-3)20-17(22)5-9-23(2)18(20)6-10-24(23)11-7-19(26)29-24/h5,12,16,18,20H,4,6-11,13H2,1-3H3;5,9,12,16-18,20H,4,6-8,10-11,13H2,1-3H3/t16-,18?,20?,22?,23?,24-;16-,17?,18?,20?,22+,23+,24-/m11/s1. The molecule has 58 heavy (non-hydrogen) atoms. The van der Waals surface area contributed by atoms with Crippen LogP contribution in [0.1, 0.15) is 124 Å². The van der Waals surface area contributed by atoms with Gasteiger partial charge < -0.3 is 18.9 Å². The lowest BCUT2D eigenvalue weighted by Crippen LogP contribution is -2.56. The summed E-state index contributed by atoms with van der Waals surface area (Å²) in [4.78, 5) is 74.1. The third kappa shape index (κ3) is 5.33. The van der Waals surface area contributed by atoms with E-state index in [0.29, 0.717) is 38.5 Å². The average molecular weight is 797 g/mol. The number of rotatable bonds is 2. The Morgan fingerprint density at radius 3 is 1.93 bits per heavy atom. The van der Waals surface area contributed by atoms with E-state index in [-0.39, 0.29) is 98.5 Å². The minimum atomic E-state index is -0.434. The van der Waals surface area contributed by atoms with Crippen LogP contribution in [-0.2, 0) is 47.7 Å². The molecule has 6 fully saturated rings. The molecule has 10 nitrogen and oxygen atoms in total. The van der Waals surface area contributed by atoms with Crippen LogP contribution in [-0.4, -0.2) is 60.9 Å². The molecule has 13 atom stereocenters. The van der Waals surface area contributed by atoms with Gasteiger partial charge in [-0.2, -0.15) is 0 Å². The van der Waals surface area contributed by atoms with E-state index in [9.17, 15) is 28.8 Å². The van der Waals surface area contributed by atoms with E-state index in [1.54, 1.807) is 12.2 Å². The zero-order valence-electron chi connectivity index (χ0n) is 35.1. The molecule has 0 N–H and O–H groups in total. The van der Waals surface area contributed by atoms with Crippen LogP contribution < -0.4 is 0 Å². The van der Waals surface area contributed by atoms with Crippen LogP contribution >= 0.6 is 0 Å². The predicted molar refractivity (Wildman–Crippen MR) is 211 cm³/mol. The molecule has 10 heteroatoms. The highest BCUT2D eigenvalue weighted by molar-refractivity contribution is 5.93. The lowest BCUT2D eigenvalue weighted by Gasteiger charge is -2.58. The Kier molecular flexibility index (Phi) is 9.12. The van der Waals surface area contributed by atoms with Crippen molar-refractivity contribution in [2.24, 2.45) is 63.1 Å². The van der Waals surface area contributed by atoms with Gasteiger partial charge in [0, 0.05) is 41.9 Å². The Labute approximate surface area is 342 Å². The Hall–Kier alpha value is -3.82. The number of ether oxygens (including phenoxy) is 4. The topological polar surface area (TPSA) is 139 Å². The molecule has 10 aliphatic rings. The molecule has 4 saturated carbocycles. The van der Waals surface area contributed by atoms with Crippen molar-refractivity contribution in [3.63, 3.8) is 0 Å². The Bertz CT molecular complexity index is 2010. The summed E-state index contributed by atoms with van der Waals surface area (Å²) in [6, 6.07) is 0. The van der Waals surface area contributed by atoms with E-state index >= 15 is 0 Å². The summed E-state index contributed by atoms with van der Waals surface area (Å²) in [5.74, 6) is 0.254. The van der Waals surface area contributed by atoms with Crippen molar-refractivity contribution < 1.29 is 47.7 Å². The Morgan fingerprint density at radius 1 is 0.690 bits per heavy atom. The van der Waals surface area contributed by atoms with Crippen LogP contribution in [0, 0.1) is 63.1 Å². The van der Waals surface area contributed by atoms with Gasteiger partial charge in [-0.3, -0.25) is 28.8 Å². The third-order valence-electron chi connectivity index (χ3n) is 18.5. The fraction of sp³-hybridized carbons (Fsp3) is 0.708. The summed E-state index contributed by atoms with van der Waals surface area (Å²) in [5, 5.41) is 0. The molecule has 312 valence electrons. The molecular formula is C48H60O10.